The van der Waals surface area contributed by atoms with Gasteiger partial charge in [-0.1, -0.05) is 0 Å². The van der Waals surface area contributed by atoms with Crippen LogP contribution in [0.25, 0.3) is 11.4 Å². The SMILES string of the molecule is COc1cc2c(cc1O)CCN(c1cc(C(F)(F)F)nc(-c3cccnc3)n1)C2. The van der Waals surface area contributed by atoms with Gasteiger partial charge >= 0.3 is 6.18 Å². The molecule has 0 atom stereocenters. The van der Waals surface area contributed by atoms with Gasteiger partial charge in [0.25, 0.3) is 0 Å². The van der Waals surface area contributed by atoms with Gasteiger partial charge in [-0.15, -0.1) is 0 Å². The van der Waals surface area contributed by atoms with Gasteiger partial charge in [0.05, 0.1) is 7.11 Å². The van der Waals surface area contributed by atoms with Crippen molar-refractivity contribution in [2.75, 3.05) is 18.6 Å². The van der Waals surface area contributed by atoms with Gasteiger partial charge in [0, 0.05) is 37.1 Å². The van der Waals surface area contributed by atoms with E-state index in [1.807, 2.05) is 0 Å². The first-order chi connectivity index (χ1) is 13.8. The zero-order valence-corrected chi connectivity index (χ0v) is 15.4. The molecule has 0 unspecified atom stereocenters. The molecule has 0 aliphatic carbocycles. The number of phenolic OH excluding ortho intramolecular Hbond substituents is 1. The summed E-state index contributed by atoms with van der Waals surface area (Å²) in [6.07, 6.45) is -1.08. The molecule has 2 aromatic heterocycles. The first kappa shape index (κ1) is 19.0. The Kier molecular flexibility index (Phi) is 4.73. The van der Waals surface area contributed by atoms with Crippen molar-refractivity contribution in [2.24, 2.45) is 0 Å². The Labute approximate surface area is 164 Å². The number of ether oxygens (including phenoxy) is 1. The van der Waals surface area contributed by atoms with E-state index in [2.05, 4.69) is 15.0 Å². The van der Waals surface area contributed by atoms with Gasteiger partial charge in [-0.05, 0) is 41.8 Å². The van der Waals surface area contributed by atoms with Gasteiger partial charge in [-0.3, -0.25) is 4.98 Å². The van der Waals surface area contributed by atoms with Gasteiger partial charge in [-0.2, -0.15) is 13.2 Å². The molecule has 1 N–H and O–H groups in total. The molecule has 0 amide bonds. The molecular weight excluding hydrogens is 385 g/mol. The Morgan fingerprint density at radius 3 is 2.66 bits per heavy atom. The van der Waals surface area contributed by atoms with Crippen molar-refractivity contribution < 1.29 is 23.0 Å². The van der Waals surface area contributed by atoms with Crippen LogP contribution in [-0.2, 0) is 19.1 Å². The number of phenols is 1. The average molecular weight is 402 g/mol. The van der Waals surface area contributed by atoms with Crippen LogP contribution < -0.4 is 9.64 Å². The molecule has 9 heteroatoms. The molecule has 0 saturated carbocycles. The minimum absolute atomic E-state index is 0.0305. The first-order valence-electron chi connectivity index (χ1n) is 8.85. The number of pyridine rings is 1. The van der Waals surface area contributed by atoms with Crippen LogP contribution in [0.5, 0.6) is 11.5 Å². The summed E-state index contributed by atoms with van der Waals surface area (Å²) in [7, 11) is 1.45. The molecular formula is C20H17F3N4O2. The summed E-state index contributed by atoms with van der Waals surface area (Å²) in [5, 5.41) is 9.95. The first-order valence-corrected chi connectivity index (χ1v) is 8.85. The Balaban J connectivity index is 1.75. The molecule has 1 aromatic carbocycles. The highest BCUT2D eigenvalue weighted by Crippen LogP contribution is 2.35. The molecule has 29 heavy (non-hydrogen) atoms. The van der Waals surface area contributed by atoms with Gasteiger partial charge in [-0.25, -0.2) is 9.97 Å². The summed E-state index contributed by atoms with van der Waals surface area (Å²) in [6, 6.07) is 7.53. The third-order valence-corrected chi connectivity index (χ3v) is 4.76. The Bertz CT molecular complexity index is 1040. The molecule has 0 fully saturated rings. The smallest absolute Gasteiger partial charge is 0.433 e. The molecule has 0 saturated heterocycles. The van der Waals surface area contributed by atoms with Crippen LogP contribution in [0.1, 0.15) is 16.8 Å². The summed E-state index contributed by atoms with van der Waals surface area (Å²) in [4.78, 5) is 13.8. The van der Waals surface area contributed by atoms with Crippen LogP contribution in [0.2, 0.25) is 0 Å². The number of rotatable bonds is 3. The maximum atomic E-state index is 13.4. The maximum absolute atomic E-state index is 13.4. The summed E-state index contributed by atoms with van der Waals surface area (Å²) in [6.45, 7) is 0.798. The number of anilines is 1. The van der Waals surface area contributed by atoms with Crippen molar-refractivity contribution in [3.8, 4) is 22.9 Å². The lowest BCUT2D eigenvalue weighted by molar-refractivity contribution is -0.141. The van der Waals surface area contributed by atoms with Crippen LogP contribution in [0.3, 0.4) is 0 Å². The minimum atomic E-state index is -4.60. The number of fused-ring (bicyclic) bond motifs is 1. The van der Waals surface area contributed by atoms with Gasteiger partial charge < -0.3 is 14.7 Å². The normalized spacial score (nSPS) is 13.9. The van der Waals surface area contributed by atoms with E-state index in [1.165, 1.54) is 19.5 Å². The Morgan fingerprint density at radius 2 is 1.97 bits per heavy atom. The van der Waals surface area contributed by atoms with E-state index in [1.54, 1.807) is 29.2 Å². The predicted octanol–water partition coefficient (Wildman–Crippen LogP) is 3.83. The lowest BCUT2D eigenvalue weighted by atomic mass is 9.99. The van der Waals surface area contributed by atoms with E-state index in [0.29, 0.717) is 30.8 Å². The fourth-order valence-corrected chi connectivity index (χ4v) is 3.30. The number of aromatic hydroxyl groups is 1. The molecule has 150 valence electrons. The number of nitrogens with zero attached hydrogens (tertiary/aromatic N) is 4. The van der Waals surface area contributed by atoms with Crippen LogP contribution in [0.15, 0.2) is 42.7 Å². The second-order valence-corrected chi connectivity index (χ2v) is 6.64. The molecule has 4 rings (SSSR count). The van der Waals surface area contributed by atoms with Crippen molar-refractivity contribution in [1.29, 1.82) is 0 Å². The zero-order valence-electron chi connectivity index (χ0n) is 15.4. The molecule has 6 nitrogen and oxygen atoms in total. The second-order valence-electron chi connectivity index (χ2n) is 6.64. The van der Waals surface area contributed by atoms with Gasteiger partial charge in [0.1, 0.15) is 5.82 Å². The van der Waals surface area contributed by atoms with Crippen LogP contribution in [0.4, 0.5) is 19.0 Å². The summed E-state index contributed by atoms with van der Waals surface area (Å²) in [5.74, 6) is 0.515. The van der Waals surface area contributed by atoms with Crippen molar-refractivity contribution in [2.45, 2.75) is 19.1 Å². The molecule has 3 aromatic rings. The molecule has 3 heterocycles. The number of aromatic nitrogens is 3. The summed E-state index contributed by atoms with van der Waals surface area (Å²) >= 11 is 0. The van der Waals surface area contributed by atoms with Gasteiger partial charge in [0.2, 0.25) is 0 Å². The third-order valence-electron chi connectivity index (χ3n) is 4.76. The van der Waals surface area contributed by atoms with Crippen molar-refractivity contribution in [3.63, 3.8) is 0 Å². The van der Waals surface area contributed by atoms with Crippen LogP contribution in [0, 0.1) is 0 Å². The predicted molar refractivity (Wildman–Crippen MR) is 99.7 cm³/mol. The minimum Gasteiger partial charge on any atom is -0.504 e. The van der Waals surface area contributed by atoms with Crippen LogP contribution in [-0.4, -0.2) is 33.7 Å². The van der Waals surface area contributed by atoms with E-state index in [9.17, 15) is 18.3 Å². The quantitative estimate of drug-likeness (QED) is 0.718. The second kappa shape index (κ2) is 7.23. The van der Waals surface area contributed by atoms with Crippen molar-refractivity contribution >= 4 is 5.82 Å². The summed E-state index contributed by atoms with van der Waals surface area (Å²) in [5.41, 5.74) is 1.19. The lowest BCUT2D eigenvalue weighted by Crippen LogP contribution is -2.31. The molecule has 1 aliphatic rings. The monoisotopic (exact) mass is 402 g/mol. The maximum Gasteiger partial charge on any atom is 0.433 e. The summed E-state index contributed by atoms with van der Waals surface area (Å²) < 4.78 is 45.5. The standard InChI is InChI=1S/C20H17F3N4O2/c1-29-16-8-14-11-27(6-4-12(14)7-15(16)28)18-9-17(20(21,22)23)25-19(26-18)13-3-2-5-24-10-13/h2-3,5,7-10,28H,4,6,11H2,1H3. The number of methoxy groups -OCH3 is 1. The fourth-order valence-electron chi connectivity index (χ4n) is 3.30. The highest BCUT2D eigenvalue weighted by atomic mass is 19.4. The van der Waals surface area contributed by atoms with Crippen LogP contribution >= 0.6 is 0 Å². The number of hydrogen-bond acceptors (Lipinski definition) is 6. The van der Waals surface area contributed by atoms with Crippen molar-refractivity contribution in [3.05, 3.63) is 59.5 Å². The molecule has 1 aliphatic heterocycles. The fraction of sp³-hybridized carbons (Fsp3) is 0.250. The highest BCUT2D eigenvalue weighted by Gasteiger charge is 2.34. The van der Waals surface area contributed by atoms with E-state index < -0.39 is 11.9 Å². The van der Waals surface area contributed by atoms with E-state index in [4.69, 9.17) is 4.74 Å². The lowest BCUT2D eigenvalue weighted by Gasteiger charge is -2.30. The number of benzene rings is 1. The largest absolute Gasteiger partial charge is 0.504 e. The number of hydrogen-bond donors (Lipinski definition) is 1. The highest BCUT2D eigenvalue weighted by molar-refractivity contribution is 5.58. The molecule has 0 radical (unpaired) electrons. The average Bonchev–Trinajstić information content (AvgIpc) is 2.72. The Morgan fingerprint density at radius 1 is 1.14 bits per heavy atom. The topological polar surface area (TPSA) is 71.4 Å². The van der Waals surface area contributed by atoms with E-state index in [-0.39, 0.29) is 17.4 Å². The van der Waals surface area contributed by atoms with E-state index >= 15 is 0 Å². The number of alkyl halides is 3. The van der Waals surface area contributed by atoms with E-state index in [0.717, 1.165) is 17.2 Å². The number of halogens is 3. The van der Waals surface area contributed by atoms with Crippen molar-refractivity contribution in [1.82, 2.24) is 15.0 Å². The molecule has 0 bridgehead atoms. The zero-order chi connectivity index (χ0) is 20.6. The van der Waals surface area contributed by atoms with Gasteiger partial charge in [0.15, 0.2) is 23.0 Å². The Hall–Kier alpha value is -3.36. The molecule has 0 spiro atoms. The third kappa shape index (κ3) is 3.80.